The van der Waals surface area contributed by atoms with Gasteiger partial charge in [0.1, 0.15) is 17.2 Å². The molecule has 3 heterocycles. The summed E-state index contributed by atoms with van der Waals surface area (Å²) < 4.78 is 1.91. The Morgan fingerprint density at radius 2 is 1.49 bits per heavy atom. The summed E-state index contributed by atoms with van der Waals surface area (Å²) in [6, 6.07) is 17.1. The highest BCUT2D eigenvalue weighted by atomic mass is 16.3. The Hall–Kier alpha value is -3.91. The zero-order chi connectivity index (χ0) is 24.5. The molecule has 0 saturated carbocycles. The van der Waals surface area contributed by atoms with Crippen LogP contribution < -0.4 is 4.90 Å². The van der Waals surface area contributed by atoms with Crippen LogP contribution in [0.1, 0.15) is 25.3 Å². The lowest BCUT2D eigenvalue weighted by atomic mass is 9.98. The van der Waals surface area contributed by atoms with Crippen molar-refractivity contribution in [2.45, 2.75) is 19.8 Å². The topological polar surface area (TPSA) is 90.5 Å². The SMILES string of the molecule is CC(C)c1cc(-c2nnc(-c3ccccn3)n2-c2ccc(N3CCN(C)CC3)cc2)c(O)cc1O. The molecular formula is C27H30N6O2. The lowest BCUT2D eigenvalue weighted by Crippen LogP contribution is -2.44. The van der Waals surface area contributed by atoms with E-state index < -0.39 is 0 Å². The van der Waals surface area contributed by atoms with Crippen molar-refractivity contribution >= 4 is 5.69 Å². The van der Waals surface area contributed by atoms with E-state index in [0.29, 0.717) is 22.9 Å². The van der Waals surface area contributed by atoms with E-state index >= 15 is 0 Å². The van der Waals surface area contributed by atoms with Crippen LogP contribution in [0.2, 0.25) is 0 Å². The molecule has 2 aromatic carbocycles. The average Bonchev–Trinajstić information content (AvgIpc) is 3.30. The summed E-state index contributed by atoms with van der Waals surface area (Å²) in [7, 11) is 2.15. The number of hydrogen-bond donors (Lipinski definition) is 2. The minimum Gasteiger partial charge on any atom is -0.508 e. The second-order valence-electron chi connectivity index (χ2n) is 9.29. The van der Waals surface area contributed by atoms with E-state index in [1.807, 2.05) is 48.7 Å². The molecule has 0 bridgehead atoms. The van der Waals surface area contributed by atoms with Gasteiger partial charge < -0.3 is 20.0 Å². The normalized spacial score (nSPS) is 14.6. The second kappa shape index (κ2) is 9.38. The van der Waals surface area contributed by atoms with Gasteiger partial charge in [0.15, 0.2) is 11.6 Å². The summed E-state index contributed by atoms with van der Waals surface area (Å²) in [5, 5.41) is 30.0. The highest BCUT2D eigenvalue weighted by Crippen LogP contribution is 2.39. The molecule has 0 spiro atoms. The van der Waals surface area contributed by atoms with E-state index in [4.69, 9.17) is 0 Å². The zero-order valence-corrected chi connectivity index (χ0v) is 20.3. The van der Waals surface area contributed by atoms with Crippen LogP contribution in [0.25, 0.3) is 28.6 Å². The number of anilines is 1. The number of rotatable bonds is 5. The molecule has 5 rings (SSSR count). The van der Waals surface area contributed by atoms with Gasteiger partial charge in [0.25, 0.3) is 0 Å². The molecule has 0 atom stereocenters. The number of phenolic OH excluding ortho intramolecular Hbond substituents is 2. The number of benzene rings is 2. The number of likely N-dealkylation sites (N-methyl/N-ethyl adjacent to an activating group) is 1. The van der Waals surface area contributed by atoms with Crippen molar-refractivity contribution in [1.82, 2.24) is 24.6 Å². The minimum absolute atomic E-state index is 0.0535. The van der Waals surface area contributed by atoms with E-state index in [1.165, 1.54) is 11.8 Å². The quantitative estimate of drug-likeness (QED) is 0.450. The Morgan fingerprint density at radius 3 is 2.14 bits per heavy atom. The third kappa shape index (κ3) is 4.44. The molecule has 1 fully saturated rings. The van der Waals surface area contributed by atoms with Gasteiger partial charge >= 0.3 is 0 Å². The van der Waals surface area contributed by atoms with Crippen molar-refractivity contribution in [2.75, 3.05) is 38.1 Å². The van der Waals surface area contributed by atoms with Crippen LogP contribution in [0.3, 0.4) is 0 Å². The fourth-order valence-electron chi connectivity index (χ4n) is 4.48. The Balaban J connectivity index is 1.62. The third-order valence-corrected chi connectivity index (χ3v) is 6.54. The molecular weight excluding hydrogens is 440 g/mol. The summed E-state index contributed by atoms with van der Waals surface area (Å²) in [5.41, 5.74) is 3.95. The average molecular weight is 471 g/mol. The maximum Gasteiger partial charge on any atom is 0.187 e. The molecule has 0 unspecified atom stereocenters. The van der Waals surface area contributed by atoms with E-state index in [-0.39, 0.29) is 17.4 Å². The predicted octanol–water partition coefficient (Wildman–Crippen LogP) is 4.28. The Bertz CT molecular complexity index is 1310. The minimum atomic E-state index is -0.0535. The van der Waals surface area contributed by atoms with Gasteiger partial charge in [0.2, 0.25) is 0 Å². The highest BCUT2D eigenvalue weighted by molar-refractivity contribution is 5.72. The van der Waals surface area contributed by atoms with Crippen LogP contribution in [-0.4, -0.2) is 68.1 Å². The van der Waals surface area contributed by atoms with Gasteiger partial charge in [-0.2, -0.15) is 0 Å². The lowest BCUT2D eigenvalue weighted by Gasteiger charge is -2.34. The number of piperazine rings is 1. The molecule has 35 heavy (non-hydrogen) atoms. The van der Waals surface area contributed by atoms with Crippen LogP contribution in [0, 0.1) is 0 Å². The number of aromatic hydroxyl groups is 2. The van der Waals surface area contributed by atoms with Gasteiger partial charge in [0, 0.05) is 49.8 Å². The molecule has 8 nitrogen and oxygen atoms in total. The second-order valence-corrected chi connectivity index (χ2v) is 9.29. The predicted molar refractivity (Wildman–Crippen MR) is 137 cm³/mol. The number of phenols is 2. The van der Waals surface area contributed by atoms with Crippen molar-refractivity contribution in [3.63, 3.8) is 0 Å². The molecule has 0 aliphatic carbocycles. The molecule has 1 aliphatic heterocycles. The van der Waals surface area contributed by atoms with E-state index in [9.17, 15) is 10.2 Å². The fourth-order valence-corrected chi connectivity index (χ4v) is 4.48. The summed E-state index contributed by atoms with van der Waals surface area (Å²) in [6.45, 7) is 8.06. The molecule has 4 aromatic rings. The van der Waals surface area contributed by atoms with Crippen LogP contribution in [0.4, 0.5) is 5.69 Å². The van der Waals surface area contributed by atoms with Gasteiger partial charge in [-0.25, -0.2) is 0 Å². The molecule has 8 heteroatoms. The van der Waals surface area contributed by atoms with Crippen molar-refractivity contribution in [3.8, 4) is 40.1 Å². The van der Waals surface area contributed by atoms with Crippen LogP contribution in [-0.2, 0) is 0 Å². The Kier molecular flexibility index (Phi) is 6.13. The third-order valence-electron chi connectivity index (χ3n) is 6.54. The van der Waals surface area contributed by atoms with Crippen molar-refractivity contribution in [2.24, 2.45) is 0 Å². The molecule has 2 aromatic heterocycles. The molecule has 1 saturated heterocycles. The standard InChI is InChI=1S/C27H30N6O2/c1-18(2)21-16-22(25(35)17-24(21)34)26-29-30-27(23-6-4-5-11-28-23)33(26)20-9-7-19(8-10-20)32-14-12-31(3)13-15-32/h4-11,16-18,34-35H,12-15H2,1-3H3. The lowest BCUT2D eigenvalue weighted by molar-refractivity contribution is 0.313. The Morgan fingerprint density at radius 1 is 0.800 bits per heavy atom. The number of nitrogens with zero attached hydrogens (tertiary/aromatic N) is 6. The van der Waals surface area contributed by atoms with Crippen LogP contribution >= 0.6 is 0 Å². The first-order valence-corrected chi connectivity index (χ1v) is 11.9. The molecule has 0 radical (unpaired) electrons. The van der Waals surface area contributed by atoms with Gasteiger partial charge in [-0.3, -0.25) is 9.55 Å². The van der Waals surface area contributed by atoms with Gasteiger partial charge in [-0.05, 0) is 61.0 Å². The van der Waals surface area contributed by atoms with Crippen molar-refractivity contribution in [3.05, 3.63) is 66.4 Å². The van der Waals surface area contributed by atoms with Gasteiger partial charge in [-0.15, -0.1) is 10.2 Å². The van der Waals surface area contributed by atoms with Gasteiger partial charge in [0.05, 0.1) is 5.56 Å². The summed E-state index contributed by atoms with van der Waals surface area (Å²) in [4.78, 5) is 9.21. The van der Waals surface area contributed by atoms with E-state index in [2.05, 4.69) is 44.2 Å². The molecule has 2 N–H and O–H groups in total. The summed E-state index contributed by atoms with van der Waals surface area (Å²) in [5.74, 6) is 1.14. The number of pyridine rings is 1. The first kappa shape index (κ1) is 22.9. The number of hydrogen-bond acceptors (Lipinski definition) is 7. The smallest absolute Gasteiger partial charge is 0.187 e. The van der Waals surface area contributed by atoms with E-state index in [0.717, 1.165) is 37.4 Å². The number of aromatic nitrogens is 4. The van der Waals surface area contributed by atoms with Crippen LogP contribution in [0.15, 0.2) is 60.8 Å². The monoisotopic (exact) mass is 470 g/mol. The largest absolute Gasteiger partial charge is 0.508 e. The summed E-state index contributed by atoms with van der Waals surface area (Å²) in [6.07, 6.45) is 1.72. The molecule has 0 amide bonds. The van der Waals surface area contributed by atoms with Gasteiger partial charge in [-0.1, -0.05) is 19.9 Å². The van der Waals surface area contributed by atoms with Crippen molar-refractivity contribution in [1.29, 1.82) is 0 Å². The maximum atomic E-state index is 10.8. The first-order valence-electron chi connectivity index (χ1n) is 11.9. The van der Waals surface area contributed by atoms with E-state index in [1.54, 1.807) is 12.3 Å². The van der Waals surface area contributed by atoms with Crippen molar-refractivity contribution < 1.29 is 10.2 Å². The fraction of sp³-hybridized carbons (Fsp3) is 0.296. The zero-order valence-electron chi connectivity index (χ0n) is 20.3. The molecule has 180 valence electrons. The molecule has 1 aliphatic rings. The van der Waals surface area contributed by atoms with Crippen LogP contribution in [0.5, 0.6) is 11.5 Å². The highest BCUT2D eigenvalue weighted by Gasteiger charge is 2.23. The Labute approximate surface area is 205 Å². The maximum absolute atomic E-state index is 10.8. The first-order chi connectivity index (χ1) is 16.9. The summed E-state index contributed by atoms with van der Waals surface area (Å²) >= 11 is 0.